The van der Waals surface area contributed by atoms with Gasteiger partial charge in [-0.2, -0.15) is 0 Å². The molecule has 7 heteroatoms. The van der Waals surface area contributed by atoms with E-state index >= 15 is 0 Å². The van der Waals surface area contributed by atoms with Gasteiger partial charge >= 0.3 is 21.1 Å². The van der Waals surface area contributed by atoms with E-state index in [2.05, 4.69) is 275 Å². The van der Waals surface area contributed by atoms with E-state index in [4.69, 9.17) is 14.4 Å². The Balaban J connectivity index is 0.00000516. The standard InChI is InChI=1S/C68H41N5O.Pt/c1-4-21-44(22-5-1)49-27-10-15-33-58(49)72-61-36-18-13-31-56(61)69-67(72)47-39-40-53-52-29-12-17-35-60(52)71(63(53)41-47)48-42-54-65-51(46-25-8-3-9-26-46)30-20-38-64(65)74-66(54)55(43-48)68-70-57-32-14-19-37-62(57)73(68)59-34-16-11-28-50(59)45-23-6-2-7-24-45;/h1-40,42H;/q-2;+2. The topological polar surface area (TPSA) is 53.7 Å². The van der Waals surface area contributed by atoms with E-state index in [1.165, 1.54) is 0 Å². The zero-order valence-electron chi connectivity index (χ0n) is 40.1. The zero-order chi connectivity index (χ0) is 48.7. The van der Waals surface area contributed by atoms with Crippen LogP contribution in [0.3, 0.4) is 0 Å². The first kappa shape index (κ1) is 44.4. The predicted molar refractivity (Wildman–Crippen MR) is 302 cm³/mol. The van der Waals surface area contributed by atoms with Crippen LogP contribution in [0.5, 0.6) is 0 Å². The Bertz CT molecular complexity index is 4660. The smallest absolute Gasteiger partial charge is 0.501 e. The Hall–Kier alpha value is -9.35. The maximum atomic E-state index is 7.14. The van der Waals surface area contributed by atoms with Crippen molar-refractivity contribution in [2.75, 3.05) is 0 Å². The molecule has 0 radical (unpaired) electrons. The fourth-order valence-corrected chi connectivity index (χ4v) is 11.2. The molecule has 11 aromatic carbocycles. The van der Waals surface area contributed by atoms with Crippen LogP contribution >= 0.6 is 0 Å². The molecule has 0 aliphatic heterocycles. The molecule has 0 bridgehead atoms. The summed E-state index contributed by atoms with van der Waals surface area (Å²) < 4.78 is 14.0. The van der Waals surface area contributed by atoms with Crippen molar-refractivity contribution in [1.82, 2.24) is 23.7 Å². The number of benzene rings is 11. The summed E-state index contributed by atoms with van der Waals surface area (Å²) >= 11 is 0. The van der Waals surface area contributed by atoms with Gasteiger partial charge in [0.2, 0.25) is 0 Å². The van der Waals surface area contributed by atoms with Crippen LogP contribution in [0.4, 0.5) is 0 Å². The van der Waals surface area contributed by atoms with Crippen LogP contribution in [0.15, 0.2) is 253 Å². The van der Waals surface area contributed by atoms with Gasteiger partial charge in [-0.1, -0.05) is 198 Å². The molecule has 0 aliphatic carbocycles. The molecule has 0 amide bonds. The summed E-state index contributed by atoms with van der Waals surface area (Å²) in [5.74, 6) is 1.52. The minimum absolute atomic E-state index is 0. The van der Waals surface area contributed by atoms with Gasteiger partial charge in [-0.3, -0.25) is 9.97 Å². The van der Waals surface area contributed by atoms with Crippen LogP contribution in [-0.2, 0) is 21.1 Å². The number of para-hydroxylation sites is 7. The normalized spacial score (nSPS) is 11.6. The average Bonchev–Trinajstić information content (AvgIpc) is 4.27. The van der Waals surface area contributed by atoms with Crippen molar-refractivity contribution in [3.63, 3.8) is 0 Å². The SMILES string of the molecule is [Pt+2].[c-]1c(-n2c3[c-]c(-c4nc5ccccc5n4-c4ccccc4-c4ccccc4)ccc3c3ccccc32)cc2c(oc3cccc(-c4ccccc4)c32)c1-c1nc2ccccc2n1-c1ccccc1-c1ccccc1. The van der Waals surface area contributed by atoms with Crippen LogP contribution in [0.2, 0.25) is 0 Å². The monoisotopic (exact) mass is 1140 g/mol. The Kier molecular flexibility index (Phi) is 10.6. The third-order valence-corrected chi connectivity index (χ3v) is 14.5. The van der Waals surface area contributed by atoms with Crippen molar-refractivity contribution < 1.29 is 25.5 Å². The molecule has 0 N–H and O–H groups in total. The summed E-state index contributed by atoms with van der Waals surface area (Å²) in [5.41, 5.74) is 18.3. The van der Waals surface area contributed by atoms with Crippen molar-refractivity contribution in [2.45, 2.75) is 0 Å². The number of fused-ring (bicyclic) bond motifs is 8. The number of nitrogens with zero attached hydrogens (tertiary/aromatic N) is 5. The molecule has 75 heavy (non-hydrogen) atoms. The number of hydrogen-bond acceptors (Lipinski definition) is 3. The van der Waals surface area contributed by atoms with Gasteiger partial charge in [0.15, 0.2) is 0 Å². The molecule has 6 nitrogen and oxygen atoms in total. The average molecular weight is 1140 g/mol. The third-order valence-electron chi connectivity index (χ3n) is 14.5. The molecule has 4 heterocycles. The second kappa shape index (κ2) is 18.0. The predicted octanol–water partition coefficient (Wildman–Crippen LogP) is 17.3. The molecule has 0 fully saturated rings. The fraction of sp³-hybridized carbons (Fsp3) is 0. The maximum absolute atomic E-state index is 7.14. The first-order valence-electron chi connectivity index (χ1n) is 24.9. The summed E-state index contributed by atoms with van der Waals surface area (Å²) in [6.07, 6.45) is 0. The van der Waals surface area contributed by atoms with Gasteiger partial charge in [-0.15, -0.1) is 35.9 Å². The van der Waals surface area contributed by atoms with E-state index in [1.54, 1.807) is 0 Å². The summed E-state index contributed by atoms with van der Waals surface area (Å²) in [5, 5.41) is 4.15. The van der Waals surface area contributed by atoms with E-state index in [1.807, 2.05) is 0 Å². The zero-order valence-corrected chi connectivity index (χ0v) is 42.4. The molecule has 15 aromatic rings. The molecule has 0 unspecified atom stereocenters. The van der Waals surface area contributed by atoms with E-state index in [-0.39, 0.29) is 21.1 Å². The van der Waals surface area contributed by atoms with Crippen LogP contribution < -0.4 is 0 Å². The molecule has 0 spiro atoms. The molecular formula is C68H41N5OPt. The van der Waals surface area contributed by atoms with E-state index in [0.717, 1.165) is 133 Å². The first-order chi connectivity index (χ1) is 36.7. The summed E-state index contributed by atoms with van der Waals surface area (Å²) in [4.78, 5) is 10.9. The van der Waals surface area contributed by atoms with Crippen molar-refractivity contribution in [2.24, 2.45) is 0 Å². The number of rotatable bonds is 8. The molecule has 0 aliphatic rings. The largest absolute Gasteiger partial charge is 2.00 e. The van der Waals surface area contributed by atoms with Crippen molar-refractivity contribution >= 4 is 65.8 Å². The molecule has 0 saturated heterocycles. The number of hydrogen-bond donors (Lipinski definition) is 0. The van der Waals surface area contributed by atoms with Gasteiger partial charge < -0.3 is 18.1 Å². The minimum Gasteiger partial charge on any atom is -0.501 e. The minimum atomic E-state index is 0. The van der Waals surface area contributed by atoms with E-state index < -0.39 is 0 Å². The van der Waals surface area contributed by atoms with Crippen LogP contribution in [0, 0.1) is 12.1 Å². The molecule has 354 valence electrons. The third kappa shape index (κ3) is 7.13. The van der Waals surface area contributed by atoms with Crippen molar-refractivity contribution in [3.8, 4) is 73.2 Å². The molecule has 0 atom stereocenters. The molecule has 4 aromatic heterocycles. The second-order valence-corrected chi connectivity index (χ2v) is 18.7. The Morgan fingerprint density at radius 2 is 0.880 bits per heavy atom. The molecular weight excluding hydrogens is 1100 g/mol. The van der Waals surface area contributed by atoms with Crippen molar-refractivity contribution in [3.05, 3.63) is 261 Å². The summed E-state index contributed by atoms with van der Waals surface area (Å²) in [6, 6.07) is 95.3. The molecule has 15 rings (SSSR count). The van der Waals surface area contributed by atoms with Gasteiger partial charge in [0, 0.05) is 33.4 Å². The Morgan fingerprint density at radius 1 is 0.373 bits per heavy atom. The van der Waals surface area contributed by atoms with Gasteiger partial charge in [0.25, 0.3) is 0 Å². The second-order valence-electron chi connectivity index (χ2n) is 18.7. The van der Waals surface area contributed by atoms with E-state index in [9.17, 15) is 0 Å². The first-order valence-corrected chi connectivity index (χ1v) is 24.9. The van der Waals surface area contributed by atoms with Gasteiger partial charge in [0.1, 0.15) is 5.58 Å². The van der Waals surface area contributed by atoms with Gasteiger partial charge in [0.05, 0.1) is 39.3 Å². The van der Waals surface area contributed by atoms with E-state index in [0.29, 0.717) is 5.58 Å². The van der Waals surface area contributed by atoms with Gasteiger partial charge in [-0.25, -0.2) is 0 Å². The number of imidazole rings is 2. The number of furan rings is 1. The number of aromatic nitrogens is 5. The van der Waals surface area contributed by atoms with Crippen molar-refractivity contribution in [1.29, 1.82) is 0 Å². The quantitative estimate of drug-likeness (QED) is 0.143. The molecule has 0 saturated carbocycles. The summed E-state index contributed by atoms with van der Waals surface area (Å²) in [7, 11) is 0. The Labute approximate surface area is 446 Å². The summed E-state index contributed by atoms with van der Waals surface area (Å²) in [6.45, 7) is 0. The maximum Gasteiger partial charge on any atom is 2.00 e. The Morgan fingerprint density at radius 3 is 1.52 bits per heavy atom. The fourth-order valence-electron chi connectivity index (χ4n) is 11.2. The van der Waals surface area contributed by atoms with Gasteiger partial charge in [-0.05, 0) is 87.4 Å². The van der Waals surface area contributed by atoms with Crippen LogP contribution in [0.1, 0.15) is 0 Å². The van der Waals surface area contributed by atoms with Crippen LogP contribution in [-0.4, -0.2) is 23.7 Å². The van der Waals surface area contributed by atoms with Crippen LogP contribution in [0.25, 0.3) is 139 Å².